The summed E-state index contributed by atoms with van der Waals surface area (Å²) >= 11 is 0. The SMILES string of the molecule is CN1CCN(c2cc(C(O)C#Cc3ccc(C(=O)O)c(O)c3)cc(C(C)(C)C)c2OCc2ccccc2)CC1. The van der Waals surface area contributed by atoms with E-state index in [0.717, 1.165) is 48.7 Å². The molecule has 0 radical (unpaired) electrons. The van der Waals surface area contributed by atoms with Gasteiger partial charge in [-0.1, -0.05) is 62.9 Å². The van der Waals surface area contributed by atoms with Gasteiger partial charge in [0.1, 0.15) is 29.8 Å². The minimum absolute atomic E-state index is 0.196. The van der Waals surface area contributed by atoms with Gasteiger partial charge in [0.25, 0.3) is 0 Å². The van der Waals surface area contributed by atoms with Crippen molar-refractivity contribution in [1.29, 1.82) is 0 Å². The van der Waals surface area contributed by atoms with Crippen LogP contribution in [0.15, 0.2) is 60.7 Å². The van der Waals surface area contributed by atoms with E-state index in [0.29, 0.717) is 17.7 Å². The molecule has 1 fully saturated rings. The molecule has 1 unspecified atom stereocenters. The number of phenols is 1. The highest BCUT2D eigenvalue weighted by Crippen LogP contribution is 2.42. The molecule has 7 nitrogen and oxygen atoms in total. The second-order valence-electron chi connectivity index (χ2n) is 10.9. The lowest BCUT2D eigenvalue weighted by molar-refractivity contribution is 0.0693. The number of hydrogen-bond acceptors (Lipinski definition) is 6. The maximum absolute atomic E-state index is 11.2. The second kappa shape index (κ2) is 11.8. The first-order chi connectivity index (χ1) is 18.5. The van der Waals surface area contributed by atoms with Gasteiger partial charge in [-0.25, -0.2) is 4.79 Å². The molecule has 0 saturated carbocycles. The van der Waals surface area contributed by atoms with Crippen LogP contribution in [0.1, 0.15) is 59.5 Å². The highest BCUT2D eigenvalue weighted by atomic mass is 16.5. The van der Waals surface area contributed by atoms with E-state index >= 15 is 0 Å². The van der Waals surface area contributed by atoms with Crippen LogP contribution in [-0.2, 0) is 12.0 Å². The van der Waals surface area contributed by atoms with Crippen molar-refractivity contribution in [2.45, 2.75) is 38.9 Å². The topological polar surface area (TPSA) is 93.5 Å². The number of anilines is 1. The molecule has 1 atom stereocenters. The predicted molar refractivity (Wildman–Crippen MR) is 153 cm³/mol. The lowest BCUT2D eigenvalue weighted by Gasteiger charge is -2.37. The fourth-order valence-corrected chi connectivity index (χ4v) is 4.54. The first-order valence-electron chi connectivity index (χ1n) is 13.1. The molecule has 0 aliphatic carbocycles. The third-order valence-electron chi connectivity index (χ3n) is 6.87. The molecule has 3 aromatic carbocycles. The van der Waals surface area contributed by atoms with Gasteiger partial charge in [0.2, 0.25) is 0 Å². The maximum atomic E-state index is 11.2. The van der Waals surface area contributed by atoms with Crippen molar-refractivity contribution >= 4 is 11.7 Å². The third kappa shape index (κ3) is 6.91. The van der Waals surface area contributed by atoms with Crippen LogP contribution < -0.4 is 9.64 Å². The number of carboxylic acid groups (broad SMARTS) is 1. The highest BCUT2D eigenvalue weighted by molar-refractivity contribution is 5.90. The number of carboxylic acids is 1. The standard InChI is InChI=1S/C32H36N2O5/c1-32(2,3)26-19-24(28(35)13-11-22-10-12-25(31(37)38)29(36)18-22)20-27(34-16-14-33(4)15-17-34)30(26)39-21-23-8-6-5-7-9-23/h5-10,12,18-20,28,35-36H,14-17,21H2,1-4H3,(H,37,38). The summed E-state index contributed by atoms with van der Waals surface area (Å²) in [5.74, 6) is 4.97. The summed E-state index contributed by atoms with van der Waals surface area (Å²) in [4.78, 5) is 15.8. The summed E-state index contributed by atoms with van der Waals surface area (Å²) < 4.78 is 6.52. The Bertz CT molecular complexity index is 1380. The minimum Gasteiger partial charge on any atom is -0.507 e. The third-order valence-corrected chi connectivity index (χ3v) is 6.87. The number of ether oxygens (including phenoxy) is 1. The molecular weight excluding hydrogens is 492 g/mol. The van der Waals surface area contributed by atoms with Crippen molar-refractivity contribution in [3.05, 3.63) is 88.5 Å². The number of aliphatic hydroxyl groups excluding tert-OH is 1. The van der Waals surface area contributed by atoms with Gasteiger partial charge in [-0.05, 0) is 53.9 Å². The van der Waals surface area contributed by atoms with Crippen molar-refractivity contribution in [2.75, 3.05) is 38.1 Å². The molecule has 7 heteroatoms. The predicted octanol–water partition coefficient (Wildman–Crippen LogP) is 4.80. The van der Waals surface area contributed by atoms with Crippen molar-refractivity contribution in [2.24, 2.45) is 0 Å². The molecule has 0 aromatic heterocycles. The fraction of sp³-hybridized carbons (Fsp3) is 0.344. The lowest BCUT2D eigenvalue weighted by Crippen LogP contribution is -2.44. The normalized spacial score (nSPS) is 14.8. The summed E-state index contributed by atoms with van der Waals surface area (Å²) in [6.45, 7) is 10.3. The number of hydrogen-bond donors (Lipinski definition) is 3. The summed E-state index contributed by atoms with van der Waals surface area (Å²) in [5, 5.41) is 30.3. The van der Waals surface area contributed by atoms with Gasteiger partial charge in [0.15, 0.2) is 0 Å². The molecule has 3 aromatic rings. The zero-order chi connectivity index (χ0) is 28.2. The summed E-state index contributed by atoms with van der Waals surface area (Å²) in [5.41, 5.74) is 3.59. The smallest absolute Gasteiger partial charge is 0.339 e. The van der Waals surface area contributed by atoms with E-state index in [4.69, 9.17) is 9.84 Å². The summed E-state index contributed by atoms with van der Waals surface area (Å²) in [7, 11) is 2.11. The van der Waals surface area contributed by atoms with Crippen molar-refractivity contribution in [3.63, 3.8) is 0 Å². The van der Waals surface area contributed by atoms with Crippen LogP contribution in [0, 0.1) is 11.8 Å². The molecule has 4 rings (SSSR count). The number of rotatable bonds is 6. The Labute approximate surface area is 230 Å². The van der Waals surface area contributed by atoms with Gasteiger partial charge < -0.3 is 29.9 Å². The number of carbonyl (C=O) groups is 1. The number of aromatic hydroxyl groups is 1. The summed E-state index contributed by atoms with van der Waals surface area (Å²) in [6.07, 6.45) is -1.10. The van der Waals surface area contributed by atoms with Crippen LogP contribution in [0.3, 0.4) is 0 Å². The minimum atomic E-state index is -1.22. The first kappa shape index (κ1) is 28.0. The van der Waals surface area contributed by atoms with Crippen LogP contribution in [0.25, 0.3) is 0 Å². The van der Waals surface area contributed by atoms with Gasteiger partial charge in [0.05, 0.1) is 5.69 Å². The molecule has 39 heavy (non-hydrogen) atoms. The average molecular weight is 529 g/mol. The number of piperazine rings is 1. The van der Waals surface area contributed by atoms with E-state index in [1.54, 1.807) is 0 Å². The number of likely N-dealkylation sites (N-methyl/N-ethyl adjacent to an activating group) is 1. The summed E-state index contributed by atoms with van der Waals surface area (Å²) in [6, 6.07) is 18.1. The maximum Gasteiger partial charge on any atom is 0.339 e. The van der Waals surface area contributed by atoms with Gasteiger partial charge in [-0.3, -0.25) is 0 Å². The van der Waals surface area contributed by atoms with E-state index in [-0.39, 0.29) is 16.7 Å². The highest BCUT2D eigenvalue weighted by Gasteiger charge is 2.28. The Hall–Kier alpha value is -3.99. The number of benzene rings is 3. The quantitative estimate of drug-likeness (QED) is 0.396. The number of nitrogens with zero attached hydrogens (tertiary/aromatic N) is 2. The van der Waals surface area contributed by atoms with Gasteiger partial charge in [0, 0.05) is 37.3 Å². The molecule has 0 bridgehead atoms. The molecule has 1 aliphatic heterocycles. The Kier molecular flexibility index (Phi) is 8.49. The van der Waals surface area contributed by atoms with E-state index in [9.17, 15) is 15.0 Å². The molecule has 1 heterocycles. The van der Waals surface area contributed by atoms with E-state index < -0.39 is 12.1 Å². The van der Waals surface area contributed by atoms with Crippen LogP contribution in [0.5, 0.6) is 11.5 Å². The lowest BCUT2D eigenvalue weighted by atomic mass is 9.84. The number of aliphatic hydroxyl groups is 1. The van der Waals surface area contributed by atoms with Crippen LogP contribution in [0.2, 0.25) is 0 Å². The Morgan fingerprint density at radius 3 is 2.33 bits per heavy atom. The first-order valence-corrected chi connectivity index (χ1v) is 13.1. The molecular formula is C32H36N2O5. The van der Waals surface area contributed by atoms with Crippen molar-refractivity contribution < 1.29 is 24.9 Å². The molecule has 3 N–H and O–H groups in total. The van der Waals surface area contributed by atoms with E-state index in [2.05, 4.69) is 49.5 Å². The Balaban J connectivity index is 1.73. The van der Waals surface area contributed by atoms with Gasteiger partial charge in [-0.2, -0.15) is 0 Å². The molecule has 0 spiro atoms. The van der Waals surface area contributed by atoms with Crippen LogP contribution >= 0.6 is 0 Å². The molecule has 1 saturated heterocycles. The van der Waals surface area contributed by atoms with E-state index in [1.807, 2.05) is 42.5 Å². The Morgan fingerprint density at radius 2 is 1.72 bits per heavy atom. The van der Waals surface area contributed by atoms with Gasteiger partial charge in [-0.15, -0.1) is 0 Å². The average Bonchev–Trinajstić information content (AvgIpc) is 2.90. The monoisotopic (exact) mass is 528 g/mol. The number of aromatic carboxylic acids is 1. The molecule has 0 amide bonds. The zero-order valence-corrected chi connectivity index (χ0v) is 22.9. The molecule has 1 aliphatic rings. The van der Waals surface area contributed by atoms with Gasteiger partial charge >= 0.3 is 5.97 Å². The zero-order valence-electron chi connectivity index (χ0n) is 22.9. The second-order valence-corrected chi connectivity index (χ2v) is 10.9. The largest absolute Gasteiger partial charge is 0.507 e. The van der Waals surface area contributed by atoms with Crippen molar-refractivity contribution in [3.8, 4) is 23.3 Å². The van der Waals surface area contributed by atoms with Crippen LogP contribution in [-0.4, -0.2) is 59.4 Å². The fourth-order valence-electron chi connectivity index (χ4n) is 4.54. The Morgan fingerprint density at radius 1 is 1.03 bits per heavy atom. The van der Waals surface area contributed by atoms with Crippen LogP contribution in [0.4, 0.5) is 5.69 Å². The van der Waals surface area contributed by atoms with Crippen molar-refractivity contribution in [1.82, 2.24) is 4.90 Å². The molecule has 204 valence electrons. The van der Waals surface area contributed by atoms with E-state index in [1.165, 1.54) is 18.2 Å².